The van der Waals surface area contributed by atoms with Gasteiger partial charge in [0, 0.05) is 12.1 Å². The highest BCUT2D eigenvalue weighted by molar-refractivity contribution is 5.94. The van der Waals surface area contributed by atoms with E-state index >= 15 is 0 Å². The molecule has 2 aliphatic rings. The summed E-state index contributed by atoms with van der Waals surface area (Å²) < 4.78 is 5.15. The number of likely N-dealkylation sites (tertiary alicyclic amines) is 1. The van der Waals surface area contributed by atoms with Crippen molar-refractivity contribution in [1.82, 2.24) is 4.90 Å². The molecule has 2 heterocycles. The van der Waals surface area contributed by atoms with Crippen LogP contribution in [-0.2, 0) is 9.59 Å². The van der Waals surface area contributed by atoms with Crippen LogP contribution in [0.4, 0.5) is 0 Å². The van der Waals surface area contributed by atoms with Gasteiger partial charge in [-0.05, 0) is 43.4 Å². The molecule has 1 saturated carbocycles. The van der Waals surface area contributed by atoms with Crippen LogP contribution in [0.25, 0.3) is 6.08 Å². The third kappa shape index (κ3) is 2.73. The van der Waals surface area contributed by atoms with Crippen molar-refractivity contribution >= 4 is 18.0 Å². The van der Waals surface area contributed by atoms with E-state index in [-0.39, 0.29) is 11.9 Å². The van der Waals surface area contributed by atoms with Gasteiger partial charge in [0.1, 0.15) is 11.8 Å². The van der Waals surface area contributed by atoms with Gasteiger partial charge in [-0.1, -0.05) is 12.8 Å². The van der Waals surface area contributed by atoms with Gasteiger partial charge in [-0.15, -0.1) is 0 Å². The first kappa shape index (κ1) is 13.9. The number of amides is 1. The molecule has 1 aliphatic carbocycles. The third-order valence-electron chi connectivity index (χ3n) is 4.56. The lowest BCUT2D eigenvalue weighted by atomic mass is 9.85. The van der Waals surface area contributed by atoms with Crippen molar-refractivity contribution in [2.45, 2.75) is 44.2 Å². The van der Waals surface area contributed by atoms with E-state index in [9.17, 15) is 14.7 Å². The lowest BCUT2D eigenvalue weighted by molar-refractivity contribution is -0.147. The highest BCUT2D eigenvalue weighted by atomic mass is 16.4. The van der Waals surface area contributed by atoms with Gasteiger partial charge in [0.25, 0.3) is 0 Å². The molecule has 1 aromatic rings. The summed E-state index contributed by atoms with van der Waals surface area (Å²) in [6.07, 6.45) is 9.28. The average molecular weight is 289 g/mol. The number of hydrogen-bond donors (Lipinski definition) is 1. The van der Waals surface area contributed by atoms with E-state index < -0.39 is 12.0 Å². The molecule has 3 atom stereocenters. The Morgan fingerprint density at radius 1 is 1.33 bits per heavy atom. The fraction of sp³-hybridized carbons (Fsp3) is 0.500. The molecule has 1 aliphatic heterocycles. The Kier molecular flexibility index (Phi) is 3.82. The number of aliphatic carboxylic acids is 1. The van der Waals surface area contributed by atoms with Crippen molar-refractivity contribution in [2.24, 2.45) is 5.92 Å². The van der Waals surface area contributed by atoms with Gasteiger partial charge in [-0.2, -0.15) is 0 Å². The first-order valence-electron chi connectivity index (χ1n) is 7.43. The van der Waals surface area contributed by atoms with Crippen molar-refractivity contribution < 1.29 is 19.1 Å². The van der Waals surface area contributed by atoms with Gasteiger partial charge in [-0.25, -0.2) is 4.79 Å². The highest BCUT2D eigenvalue weighted by Crippen LogP contribution is 2.39. The summed E-state index contributed by atoms with van der Waals surface area (Å²) in [5.74, 6) is -0.201. The van der Waals surface area contributed by atoms with Crippen LogP contribution in [0, 0.1) is 5.92 Å². The zero-order valence-electron chi connectivity index (χ0n) is 11.8. The van der Waals surface area contributed by atoms with Crippen LogP contribution in [0.5, 0.6) is 0 Å². The summed E-state index contributed by atoms with van der Waals surface area (Å²) in [6, 6.07) is 2.89. The Morgan fingerprint density at radius 3 is 2.86 bits per heavy atom. The first-order valence-corrected chi connectivity index (χ1v) is 7.43. The van der Waals surface area contributed by atoms with Crippen molar-refractivity contribution in [3.05, 3.63) is 30.2 Å². The molecule has 1 N–H and O–H groups in total. The Morgan fingerprint density at radius 2 is 2.14 bits per heavy atom. The molecule has 1 saturated heterocycles. The van der Waals surface area contributed by atoms with E-state index in [1.54, 1.807) is 23.1 Å². The van der Waals surface area contributed by atoms with Crippen LogP contribution >= 0.6 is 0 Å². The molecule has 112 valence electrons. The number of carboxylic acid groups (broad SMARTS) is 1. The van der Waals surface area contributed by atoms with Crippen LogP contribution in [0.1, 0.15) is 37.9 Å². The van der Waals surface area contributed by atoms with E-state index in [0.29, 0.717) is 18.1 Å². The number of fused-ring (bicyclic) bond motifs is 1. The molecule has 0 unspecified atom stereocenters. The number of carbonyl (C=O) groups is 2. The number of nitrogens with zero attached hydrogens (tertiary/aromatic N) is 1. The minimum atomic E-state index is -0.899. The molecule has 1 aromatic heterocycles. The van der Waals surface area contributed by atoms with Crippen molar-refractivity contribution in [2.75, 3.05) is 0 Å². The summed E-state index contributed by atoms with van der Waals surface area (Å²) in [4.78, 5) is 25.5. The van der Waals surface area contributed by atoms with E-state index in [1.165, 1.54) is 12.3 Å². The highest BCUT2D eigenvalue weighted by Gasteiger charge is 2.46. The summed E-state index contributed by atoms with van der Waals surface area (Å²) in [5, 5.41) is 9.40. The lowest BCUT2D eigenvalue weighted by Crippen LogP contribution is -2.45. The maximum absolute atomic E-state index is 12.4. The van der Waals surface area contributed by atoms with Crippen molar-refractivity contribution in [3.63, 3.8) is 0 Å². The van der Waals surface area contributed by atoms with Crippen LogP contribution < -0.4 is 0 Å². The number of furan rings is 1. The molecule has 3 rings (SSSR count). The zero-order chi connectivity index (χ0) is 14.8. The SMILES string of the molecule is O=C(O)[C@@H]1C[C@@H]2CCCC[C@@H]2N1C(=O)/C=C\c1ccco1. The third-order valence-corrected chi connectivity index (χ3v) is 4.56. The second kappa shape index (κ2) is 5.76. The molecular formula is C16H19NO4. The van der Waals surface area contributed by atoms with Gasteiger partial charge in [0.15, 0.2) is 0 Å². The molecule has 5 nitrogen and oxygen atoms in total. The summed E-state index contributed by atoms with van der Waals surface area (Å²) in [7, 11) is 0. The van der Waals surface area contributed by atoms with Gasteiger partial charge in [-0.3, -0.25) is 4.79 Å². The standard InChI is InChI=1S/C16H19NO4/c18-15(8-7-12-5-3-9-21-12)17-13-6-2-1-4-11(13)10-14(17)16(19)20/h3,5,7-9,11,13-14H,1-2,4,6,10H2,(H,19,20)/b8-7-/t11-,13-,14-/m0/s1. The fourth-order valence-corrected chi connectivity index (χ4v) is 3.62. The predicted molar refractivity (Wildman–Crippen MR) is 76.4 cm³/mol. The lowest BCUT2D eigenvalue weighted by Gasteiger charge is -2.32. The minimum Gasteiger partial charge on any atom is -0.480 e. The monoisotopic (exact) mass is 289 g/mol. The summed E-state index contributed by atoms with van der Waals surface area (Å²) >= 11 is 0. The Hall–Kier alpha value is -2.04. The van der Waals surface area contributed by atoms with Crippen molar-refractivity contribution in [1.29, 1.82) is 0 Å². The number of hydrogen-bond acceptors (Lipinski definition) is 3. The van der Waals surface area contributed by atoms with E-state index in [0.717, 1.165) is 25.7 Å². The molecule has 0 bridgehead atoms. The number of rotatable bonds is 3. The second-order valence-electron chi connectivity index (χ2n) is 5.80. The molecule has 2 fully saturated rings. The topological polar surface area (TPSA) is 70.8 Å². The predicted octanol–water partition coefficient (Wildman–Crippen LogP) is 2.54. The Labute approximate surface area is 123 Å². The van der Waals surface area contributed by atoms with E-state index in [2.05, 4.69) is 0 Å². The molecule has 0 spiro atoms. The largest absolute Gasteiger partial charge is 0.480 e. The molecule has 21 heavy (non-hydrogen) atoms. The number of carbonyl (C=O) groups excluding carboxylic acids is 1. The van der Waals surface area contributed by atoms with E-state index in [1.807, 2.05) is 0 Å². The molecule has 5 heteroatoms. The molecule has 0 radical (unpaired) electrons. The second-order valence-corrected chi connectivity index (χ2v) is 5.80. The minimum absolute atomic E-state index is 0.0774. The van der Waals surface area contributed by atoms with Gasteiger partial charge in [0.2, 0.25) is 5.91 Å². The van der Waals surface area contributed by atoms with Crippen LogP contribution in [0.2, 0.25) is 0 Å². The van der Waals surface area contributed by atoms with Crippen LogP contribution in [0.3, 0.4) is 0 Å². The maximum Gasteiger partial charge on any atom is 0.326 e. The fourth-order valence-electron chi connectivity index (χ4n) is 3.62. The quantitative estimate of drug-likeness (QED) is 0.868. The van der Waals surface area contributed by atoms with Crippen molar-refractivity contribution in [3.8, 4) is 0 Å². The van der Waals surface area contributed by atoms with Crippen LogP contribution in [0.15, 0.2) is 28.9 Å². The van der Waals surface area contributed by atoms with Gasteiger partial charge in [0.05, 0.1) is 6.26 Å². The smallest absolute Gasteiger partial charge is 0.326 e. The molecule has 1 amide bonds. The molecule has 0 aromatic carbocycles. The first-order chi connectivity index (χ1) is 10.2. The number of carboxylic acids is 1. The van der Waals surface area contributed by atoms with Gasteiger partial charge < -0.3 is 14.4 Å². The Balaban J connectivity index is 1.79. The Bertz CT molecular complexity index is 549. The normalized spacial score (nSPS) is 28.8. The van der Waals surface area contributed by atoms with Gasteiger partial charge >= 0.3 is 5.97 Å². The van der Waals surface area contributed by atoms with E-state index in [4.69, 9.17) is 4.42 Å². The summed E-state index contributed by atoms with van der Waals surface area (Å²) in [6.45, 7) is 0. The summed E-state index contributed by atoms with van der Waals surface area (Å²) in [5.41, 5.74) is 0. The zero-order valence-corrected chi connectivity index (χ0v) is 11.8. The van der Waals surface area contributed by atoms with Crippen LogP contribution in [-0.4, -0.2) is 34.0 Å². The average Bonchev–Trinajstić information content (AvgIpc) is 3.11. The molecular weight excluding hydrogens is 270 g/mol. The maximum atomic E-state index is 12.4.